The van der Waals surface area contributed by atoms with E-state index in [9.17, 15) is 9.59 Å². The van der Waals surface area contributed by atoms with E-state index in [0.717, 1.165) is 22.1 Å². The molecule has 1 aliphatic rings. The molecule has 0 bridgehead atoms. The van der Waals surface area contributed by atoms with Crippen molar-refractivity contribution in [3.8, 4) is 5.75 Å². The van der Waals surface area contributed by atoms with Crippen LogP contribution >= 0.6 is 11.6 Å². The summed E-state index contributed by atoms with van der Waals surface area (Å²) in [5.74, 6) is 0.302. The number of carbonyl (C=O) groups is 2. The molecular weight excluding hydrogens is 474 g/mol. The first-order chi connectivity index (χ1) is 17.5. The highest BCUT2D eigenvalue weighted by Crippen LogP contribution is 2.26. The van der Waals surface area contributed by atoms with Gasteiger partial charge in [-0.15, -0.1) is 0 Å². The molecule has 0 aliphatic carbocycles. The zero-order valence-electron chi connectivity index (χ0n) is 19.9. The van der Waals surface area contributed by atoms with E-state index in [-0.39, 0.29) is 11.8 Å². The van der Waals surface area contributed by atoms with Crippen LogP contribution < -0.4 is 15.0 Å². The van der Waals surface area contributed by atoms with Gasteiger partial charge in [0.2, 0.25) is 0 Å². The Kier molecular flexibility index (Phi) is 6.78. The second-order valence-corrected chi connectivity index (χ2v) is 9.09. The third-order valence-electron chi connectivity index (χ3n) is 6.48. The Bertz CT molecular complexity index is 1410. The number of fused-ring (bicyclic) bond motifs is 1. The van der Waals surface area contributed by atoms with Gasteiger partial charge in [-0.1, -0.05) is 48.0 Å². The summed E-state index contributed by atoms with van der Waals surface area (Å²) in [6, 6.07) is 26.5. The number of hydrogen-bond donors (Lipinski definition) is 1. The number of benzene rings is 4. The van der Waals surface area contributed by atoms with Crippen LogP contribution in [-0.4, -0.2) is 50.0 Å². The van der Waals surface area contributed by atoms with Crippen LogP contribution in [0.3, 0.4) is 0 Å². The second-order valence-electron chi connectivity index (χ2n) is 8.65. The van der Waals surface area contributed by atoms with E-state index in [1.807, 2.05) is 71.6 Å². The number of nitrogens with zero attached hydrogens (tertiary/aromatic N) is 2. The van der Waals surface area contributed by atoms with E-state index in [4.69, 9.17) is 16.3 Å². The highest BCUT2D eigenvalue weighted by atomic mass is 35.5. The summed E-state index contributed by atoms with van der Waals surface area (Å²) in [5, 5.41) is 5.47. The van der Waals surface area contributed by atoms with E-state index in [2.05, 4.69) is 10.2 Å². The quantitative estimate of drug-likeness (QED) is 0.381. The van der Waals surface area contributed by atoms with Gasteiger partial charge in [-0.05, 0) is 59.3 Å². The van der Waals surface area contributed by atoms with Gasteiger partial charge in [0.25, 0.3) is 11.8 Å². The smallest absolute Gasteiger partial charge is 0.257 e. The van der Waals surface area contributed by atoms with Crippen molar-refractivity contribution in [2.24, 2.45) is 0 Å². The maximum Gasteiger partial charge on any atom is 0.257 e. The average molecular weight is 500 g/mol. The topological polar surface area (TPSA) is 61.9 Å². The number of halogens is 1. The molecule has 1 N–H and O–H groups in total. The Hall–Kier alpha value is -4.03. The summed E-state index contributed by atoms with van der Waals surface area (Å²) in [7, 11) is 1.55. The minimum absolute atomic E-state index is 0.0829. The lowest BCUT2D eigenvalue weighted by atomic mass is 10.0. The van der Waals surface area contributed by atoms with Crippen LogP contribution in [0.15, 0.2) is 84.9 Å². The van der Waals surface area contributed by atoms with Gasteiger partial charge in [0.05, 0.1) is 12.7 Å². The van der Waals surface area contributed by atoms with Crippen molar-refractivity contribution in [2.45, 2.75) is 0 Å². The van der Waals surface area contributed by atoms with Crippen molar-refractivity contribution in [2.75, 3.05) is 43.5 Å². The molecule has 0 aromatic heterocycles. The molecule has 7 heteroatoms. The molecule has 0 saturated carbocycles. The van der Waals surface area contributed by atoms with Gasteiger partial charge in [-0.3, -0.25) is 9.59 Å². The largest absolute Gasteiger partial charge is 0.496 e. The first-order valence-corrected chi connectivity index (χ1v) is 12.2. The lowest BCUT2D eigenvalue weighted by molar-refractivity contribution is 0.0743. The monoisotopic (exact) mass is 499 g/mol. The first kappa shape index (κ1) is 23.7. The summed E-state index contributed by atoms with van der Waals surface area (Å²) >= 11 is 6.10. The van der Waals surface area contributed by atoms with Crippen molar-refractivity contribution < 1.29 is 14.3 Å². The number of carbonyl (C=O) groups excluding carboxylic acids is 2. The maximum absolute atomic E-state index is 13.0. The molecule has 1 saturated heterocycles. The van der Waals surface area contributed by atoms with Crippen LogP contribution in [0.4, 0.5) is 11.4 Å². The minimum Gasteiger partial charge on any atom is -0.496 e. The van der Waals surface area contributed by atoms with Crippen LogP contribution in [0, 0.1) is 0 Å². The van der Waals surface area contributed by atoms with Crippen LogP contribution in [0.25, 0.3) is 10.8 Å². The van der Waals surface area contributed by atoms with E-state index in [0.29, 0.717) is 48.1 Å². The van der Waals surface area contributed by atoms with Crippen molar-refractivity contribution >= 4 is 45.6 Å². The Morgan fingerprint density at radius 2 is 1.56 bits per heavy atom. The lowest BCUT2D eigenvalue weighted by Gasteiger charge is -2.36. The fraction of sp³-hybridized carbons (Fsp3) is 0.172. The van der Waals surface area contributed by atoms with E-state index in [1.54, 1.807) is 25.3 Å². The molecule has 36 heavy (non-hydrogen) atoms. The first-order valence-electron chi connectivity index (χ1n) is 11.8. The van der Waals surface area contributed by atoms with Gasteiger partial charge in [-0.25, -0.2) is 0 Å². The fourth-order valence-electron chi connectivity index (χ4n) is 4.56. The van der Waals surface area contributed by atoms with Crippen molar-refractivity contribution in [3.63, 3.8) is 0 Å². The van der Waals surface area contributed by atoms with Crippen LogP contribution in [0.5, 0.6) is 5.75 Å². The summed E-state index contributed by atoms with van der Waals surface area (Å²) in [5.41, 5.74) is 2.91. The third-order valence-corrected chi connectivity index (χ3v) is 6.72. The molecule has 1 aliphatic heterocycles. The Morgan fingerprint density at radius 1 is 0.833 bits per heavy atom. The average Bonchev–Trinajstić information content (AvgIpc) is 2.93. The molecule has 182 valence electrons. The standard InChI is InChI=1S/C29H26ClN3O3/c1-36-27-14-9-21(30)19-26(27)29(35)33-17-15-32(16-18-33)23-12-10-22(11-13-23)31-28(34)25-8-4-6-20-5-2-3-7-24(20)25/h2-14,19H,15-18H2,1H3,(H,31,34). The van der Waals surface area contributed by atoms with Crippen LogP contribution in [-0.2, 0) is 0 Å². The molecule has 4 aromatic rings. The van der Waals surface area contributed by atoms with Gasteiger partial charge < -0.3 is 19.9 Å². The molecule has 1 heterocycles. The van der Waals surface area contributed by atoms with Crippen LogP contribution in [0.1, 0.15) is 20.7 Å². The van der Waals surface area contributed by atoms with Gasteiger partial charge in [0, 0.05) is 48.1 Å². The van der Waals surface area contributed by atoms with Gasteiger partial charge in [0.15, 0.2) is 0 Å². The Balaban J connectivity index is 1.22. The van der Waals surface area contributed by atoms with Crippen LogP contribution in [0.2, 0.25) is 5.02 Å². The highest BCUT2D eigenvalue weighted by Gasteiger charge is 2.25. The minimum atomic E-state index is -0.136. The van der Waals surface area contributed by atoms with Crippen molar-refractivity contribution in [3.05, 3.63) is 101 Å². The molecular formula is C29H26ClN3O3. The summed E-state index contributed by atoms with van der Waals surface area (Å²) < 4.78 is 5.34. The number of piperazine rings is 1. The Labute approximate surface area is 215 Å². The Morgan fingerprint density at radius 3 is 2.31 bits per heavy atom. The van der Waals surface area contributed by atoms with E-state index < -0.39 is 0 Å². The van der Waals surface area contributed by atoms with E-state index >= 15 is 0 Å². The number of nitrogens with one attached hydrogen (secondary N) is 1. The second kappa shape index (κ2) is 10.3. The molecule has 5 rings (SSSR count). The molecule has 6 nitrogen and oxygen atoms in total. The summed E-state index contributed by atoms with van der Waals surface area (Å²) in [4.78, 5) is 30.0. The van der Waals surface area contributed by atoms with Gasteiger partial charge in [0.1, 0.15) is 5.75 Å². The molecule has 0 spiro atoms. The molecule has 2 amide bonds. The predicted molar refractivity (Wildman–Crippen MR) is 144 cm³/mol. The number of amides is 2. The fourth-order valence-corrected chi connectivity index (χ4v) is 4.73. The number of anilines is 2. The maximum atomic E-state index is 13.0. The van der Waals surface area contributed by atoms with Gasteiger partial charge in [-0.2, -0.15) is 0 Å². The molecule has 0 unspecified atom stereocenters. The zero-order chi connectivity index (χ0) is 25.1. The van der Waals surface area contributed by atoms with Crippen molar-refractivity contribution in [1.29, 1.82) is 0 Å². The number of methoxy groups -OCH3 is 1. The molecule has 1 fully saturated rings. The molecule has 0 atom stereocenters. The SMILES string of the molecule is COc1ccc(Cl)cc1C(=O)N1CCN(c2ccc(NC(=O)c3cccc4ccccc34)cc2)CC1. The highest BCUT2D eigenvalue weighted by molar-refractivity contribution is 6.31. The van der Waals surface area contributed by atoms with Crippen molar-refractivity contribution in [1.82, 2.24) is 4.90 Å². The zero-order valence-corrected chi connectivity index (χ0v) is 20.7. The normalized spacial score (nSPS) is 13.5. The third kappa shape index (κ3) is 4.86. The summed E-state index contributed by atoms with van der Waals surface area (Å²) in [6.45, 7) is 2.59. The predicted octanol–water partition coefficient (Wildman–Crippen LogP) is 5.72. The number of rotatable bonds is 5. The molecule has 4 aromatic carbocycles. The summed E-state index contributed by atoms with van der Waals surface area (Å²) in [6.07, 6.45) is 0. The van der Waals surface area contributed by atoms with Gasteiger partial charge >= 0.3 is 0 Å². The lowest BCUT2D eigenvalue weighted by Crippen LogP contribution is -2.48. The number of hydrogen-bond acceptors (Lipinski definition) is 4. The number of ether oxygens (including phenoxy) is 1. The molecule has 0 radical (unpaired) electrons. The van der Waals surface area contributed by atoms with E-state index in [1.165, 1.54) is 0 Å².